The lowest BCUT2D eigenvalue weighted by Gasteiger charge is -2.61. The second-order valence-electron chi connectivity index (χ2n) is 11.0. The molecule has 4 aliphatic rings. The Morgan fingerprint density at radius 1 is 0.914 bits per heavy atom. The van der Waals surface area contributed by atoms with Crippen molar-refractivity contribution in [3.05, 3.63) is 71.8 Å². The van der Waals surface area contributed by atoms with E-state index in [1.165, 1.54) is 12.0 Å². The number of nitrogens with zero attached hydrogens (tertiary/aromatic N) is 1. The van der Waals surface area contributed by atoms with E-state index >= 15 is 0 Å². The molecule has 2 N–H and O–H groups in total. The summed E-state index contributed by atoms with van der Waals surface area (Å²) >= 11 is 0. The summed E-state index contributed by atoms with van der Waals surface area (Å²) in [5.41, 5.74) is 7.14. The SMILES string of the molecule is NC(=O)CCN(Cc1ccccc1)C(=O)COC(=O)C12CC3CC(C1)CC(c1ccccc1)(C3)C2. The van der Waals surface area contributed by atoms with Crippen LogP contribution < -0.4 is 5.73 Å². The lowest BCUT2D eigenvalue weighted by atomic mass is 9.43. The highest BCUT2D eigenvalue weighted by Crippen LogP contribution is 2.66. The van der Waals surface area contributed by atoms with Gasteiger partial charge in [0.1, 0.15) is 0 Å². The fourth-order valence-electron chi connectivity index (χ4n) is 7.34. The lowest BCUT2D eigenvalue weighted by Crippen LogP contribution is -2.57. The molecule has 0 aromatic heterocycles. The van der Waals surface area contributed by atoms with Crippen molar-refractivity contribution >= 4 is 17.8 Å². The lowest BCUT2D eigenvalue weighted by molar-refractivity contribution is -0.176. The van der Waals surface area contributed by atoms with E-state index in [0.717, 1.165) is 37.7 Å². The van der Waals surface area contributed by atoms with Crippen molar-refractivity contribution in [1.82, 2.24) is 4.90 Å². The largest absolute Gasteiger partial charge is 0.455 e. The normalized spacial score (nSPS) is 28.5. The van der Waals surface area contributed by atoms with Crippen molar-refractivity contribution in [2.24, 2.45) is 23.0 Å². The molecular formula is C29H34N2O4. The van der Waals surface area contributed by atoms with Gasteiger partial charge in [0.15, 0.2) is 6.61 Å². The molecule has 0 saturated heterocycles. The number of rotatable bonds is 9. The van der Waals surface area contributed by atoms with Gasteiger partial charge >= 0.3 is 5.97 Å². The van der Waals surface area contributed by atoms with Gasteiger partial charge in [0.25, 0.3) is 5.91 Å². The van der Waals surface area contributed by atoms with Crippen LogP contribution in [-0.2, 0) is 31.1 Å². The topological polar surface area (TPSA) is 89.7 Å². The molecule has 0 radical (unpaired) electrons. The molecule has 4 saturated carbocycles. The van der Waals surface area contributed by atoms with Crippen LogP contribution in [0.5, 0.6) is 0 Å². The van der Waals surface area contributed by atoms with Gasteiger partial charge in [-0.2, -0.15) is 0 Å². The first kappa shape index (κ1) is 23.6. The van der Waals surface area contributed by atoms with Gasteiger partial charge in [-0.3, -0.25) is 14.4 Å². The molecule has 4 aliphatic carbocycles. The highest BCUT2D eigenvalue weighted by Gasteiger charge is 2.61. The monoisotopic (exact) mass is 474 g/mol. The number of nitrogens with two attached hydrogens (primary N) is 1. The molecule has 2 aromatic carbocycles. The summed E-state index contributed by atoms with van der Waals surface area (Å²) in [6.07, 6.45) is 6.07. The van der Waals surface area contributed by atoms with E-state index in [-0.39, 0.29) is 36.9 Å². The van der Waals surface area contributed by atoms with Crippen molar-refractivity contribution in [2.75, 3.05) is 13.2 Å². The van der Waals surface area contributed by atoms with Crippen molar-refractivity contribution in [3.63, 3.8) is 0 Å². The van der Waals surface area contributed by atoms with Crippen molar-refractivity contribution in [1.29, 1.82) is 0 Å². The molecule has 184 valence electrons. The molecule has 2 atom stereocenters. The molecule has 6 nitrogen and oxygen atoms in total. The molecule has 35 heavy (non-hydrogen) atoms. The fraction of sp³-hybridized carbons (Fsp3) is 0.483. The van der Waals surface area contributed by atoms with E-state index in [1.807, 2.05) is 36.4 Å². The average Bonchev–Trinajstić information content (AvgIpc) is 2.85. The number of carbonyl (C=O) groups is 3. The van der Waals surface area contributed by atoms with E-state index in [4.69, 9.17) is 10.5 Å². The van der Waals surface area contributed by atoms with Crippen molar-refractivity contribution in [2.45, 2.75) is 56.9 Å². The molecule has 4 bridgehead atoms. The molecule has 6 rings (SSSR count). The van der Waals surface area contributed by atoms with Crippen LogP contribution in [-0.4, -0.2) is 35.8 Å². The summed E-state index contributed by atoms with van der Waals surface area (Å²) in [7, 11) is 0. The second kappa shape index (κ2) is 9.48. The van der Waals surface area contributed by atoms with Gasteiger partial charge in [-0.1, -0.05) is 60.7 Å². The average molecular weight is 475 g/mol. The van der Waals surface area contributed by atoms with Crippen molar-refractivity contribution in [3.8, 4) is 0 Å². The molecule has 0 aliphatic heterocycles. The Bertz CT molecular complexity index is 1070. The van der Waals surface area contributed by atoms with Gasteiger partial charge in [-0.15, -0.1) is 0 Å². The van der Waals surface area contributed by atoms with Crippen LogP contribution in [0.4, 0.5) is 0 Å². The zero-order valence-electron chi connectivity index (χ0n) is 20.2. The van der Waals surface area contributed by atoms with Gasteiger partial charge in [0.2, 0.25) is 5.91 Å². The number of ether oxygens (including phenoxy) is 1. The first-order chi connectivity index (χ1) is 16.9. The standard InChI is InChI=1S/C29H34N2O4/c30-25(32)11-12-31(18-21-7-3-1-4-8-21)26(33)19-35-27(34)29-16-22-13-23(17-29)15-28(14-22,20-29)24-9-5-2-6-10-24/h1-10,22-23H,11-20H2,(H2,30,32). The summed E-state index contributed by atoms with van der Waals surface area (Å²) < 4.78 is 5.75. The van der Waals surface area contributed by atoms with Crippen LogP contribution in [0.15, 0.2) is 60.7 Å². The van der Waals surface area contributed by atoms with Gasteiger partial charge < -0.3 is 15.4 Å². The highest BCUT2D eigenvalue weighted by molar-refractivity contribution is 5.84. The second-order valence-corrected chi connectivity index (χ2v) is 11.0. The molecule has 2 aromatic rings. The molecule has 0 heterocycles. The van der Waals surface area contributed by atoms with Crippen LogP contribution in [0, 0.1) is 17.3 Å². The van der Waals surface area contributed by atoms with Crippen LogP contribution in [0.3, 0.4) is 0 Å². The third-order valence-corrected chi connectivity index (χ3v) is 8.40. The maximum atomic E-state index is 13.6. The Morgan fingerprint density at radius 2 is 1.54 bits per heavy atom. The summed E-state index contributed by atoms with van der Waals surface area (Å²) in [5.74, 6) is 0.0723. The first-order valence-corrected chi connectivity index (χ1v) is 12.7. The smallest absolute Gasteiger partial charge is 0.312 e. The van der Waals surface area contributed by atoms with Crippen LogP contribution >= 0.6 is 0 Å². The Morgan fingerprint density at radius 3 is 2.17 bits per heavy atom. The Labute approximate surface area is 206 Å². The van der Waals surface area contributed by atoms with Crippen LogP contribution in [0.2, 0.25) is 0 Å². The first-order valence-electron chi connectivity index (χ1n) is 12.7. The number of benzene rings is 2. The molecule has 6 heteroatoms. The predicted octanol–water partition coefficient (Wildman–Crippen LogP) is 3.97. The zero-order valence-corrected chi connectivity index (χ0v) is 20.2. The number of carbonyl (C=O) groups excluding carboxylic acids is 3. The third-order valence-electron chi connectivity index (χ3n) is 8.40. The third kappa shape index (κ3) is 4.84. The number of amides is 2. The fourth-order valence-corrected chi connectivity index (χ4v) is 7.34. The maximum absolute atomic E-state index is 13.6. The van der Waals surface area contributed by atoms with Gasteiger partial charge in [0.05, 0.1) is 5.41 Å². The number of hydrogen-bond donors (Lipinski definition) is 1. The minimum atomic E-state index is -0.502. The summed E-state index contributed by atoms with van der Waals surface area (Å²) in [4.78, 5) is 39.5. The molecule has 4 fully saturated rings. The Kier molecular flexibility index (Phi) is 6.39. The van der Waals surface area contributed by atoms with Gasteiger partial charge in [-0.25, -0.2) is 0 Å². The summed E-state index contributed by atoms with van der Waals surface area (Å²) in [5, 5.41) is 0. The van der Waals surface area contributed by atoms with Crippen LogP contribution in [0.25, 0.3) is 0 Å². The Balaban J connectivity index is 1.28. The maximum Gasteiger partial charge on any atom is 0.312 e. The summed E-state index contributed by atoms with van der Waals surface area (Å²) in [6, 6.07) is 20.2. The van der Waals surface area contributed by atoms with Crippen LogP contribution in [0.1, 0.15) is 56.1 Å². The molecule has 2 amide bonds. The quantitative estimate of drug-likeness (QED) is 0.557. The number of primary amides is 1. The van der Waals surface area contributed by atoms with Gasteiger partial charge in [-0.05, 0) is 66.9 Å². The van der Waals surface area contributed by atoms with E-state index in [0.29, 0.717) is 18.4 Å². The highest BCUT2D eigenvalue weighted by atomic mass is 16.5. The minimum Gasteiger partial charge on any atom is -0.455 e. The summed E-state index contributed by atoms with van der Waals surface area (Å²) in [6.45, 7) is 0.240. The van der Waals surface area contributed by atoms with E-state index in [1.54, 1.807) is 4.90 Å². The number of esters is 1. The predicted molar refractivity (Wildman–Crippen MR) is 132 cm³/mol. The minimum absolute atomic E-state index is 0.0369. The molecule has 2 unspecified atom stereocenters. The van der Waals surface area contributed by atoms with E-state index in [9.17, 15) is 14.4 Å². The zero-order chi connectivity index (χ0) is 24.5. The van der Waals surface area contributed by atoms with Gasteiger partial charge in [0, 0.05) is 19.5 Å². The number of hydrogen-bond acceptors (Lipinski definition) is 4. The van der Waals surface area contributed by atoms with E-state index < -0.39 is 11.3 Å². The van der Waals surface area contributed by atoms with Crippen molar-refractivity contribution < 1.29 is 19.1 Å². The molecular weight excluding hydrogens is 440 g/mol. The Hall–Kier alpha value is -3.15. The molecule has 0 spiro atoms. The van der Waals surface area contributed by atoms with E-state index in [2.05, 4.69) is 24.3 Å².